The van der Waals surface area contributed by atoms with Crippen molar-refractivity contribution in [2.75, 3.05) is 5.75 Å². The Morgan fingerprint density at radius 1 is 1.29 bits per heavy atom. The normalized spacial score (nSPS) is 42.6. The first-order chi connectivity index (χ1) is 11.4. The summed E-state index contributed by atoms with van der Waals surface area (Å²) in [6.07, 6.45) is 2.27. The van der Waals surface area contributed by atoms with Crippen molar-refractivity contribution in [3.05, 3.63) is 0 Å². The van der Waals surface area contributed by atoms with E-state index in [0.717, 1.165) is 18.6 Å². The Morgan fingerprint density at radius 2 is 2.04 bits per heavy atom. The second kappa shape index (κ2) is 7.48. The molecule has 7 atom stereocenters. The Hall–Kier alpha value is -0.370. The number of amides is 3. The summed E-state index contributed by atoms with van der Waals surface area (Å²) >= 11 is 14.1. The predicted octanol–water partition coefficient (Wildman–Crippen LogP) is 1.66. The topological polar surface area (TPSA) is 73.5 Å². The van der Waals surface area contributed by atoms with E-state index >= 15 is 0 Å². The van der Waals surface area contributed by atoms with Crippen LogP contribution in [0.2, 0.25) is 0 Å². The van der Waals surface area contributed by atoms with Crippen molar-refractivity contribution in [2.24, 2.45) is 0 Å². The standard InChI is InChI=1S/C15H24Cl2N4O2S/c1-7-6-24-15-18-8(2)12(13(22)21(7)15)20-14(23)19-11-4-3-9(16)5-10(11)17/h7-12,15,18H,3-6H2,1-2H3,(H2,19,20,23). The quantitative estimate of drug-likeness (QED) is 0.622. The van der Waals surface area contributed by atoms with Crippen LogP contribution in [-0.2, 0) is 4.79 Å². The van der Waals surface area contributed by atoms with Crippen molar-refractivity contribution in [3.63, 3.8) is 0 Å². The third kappa shape index (κ3) is 3.74. The van der Waals surface area contributed by atoms with Gasteiger partial charge in [-0.05, 0) is 33.1 Å². The fourth-order valence-electron chi connectivity index (χ4n) is 3.55. The highest BCUT2D eigenvalue weighted by Gasteiger charge is 2.46. The highest BCUT2D eigenvalue weighted by atomic mass is 35.5. The van der Waals surface area contributed by atoms with Crippen molar-refractivity contribution < 1.29 is 9.59 Å². The van der Waals surface area contributed by atoms with E-state index in [9.17, 15) is 9.59 Å². The molecule has 7 unspecified atom stereocenters. The molecule has 0 aromatic heterocycles. The van der Waals surface area contributed by atoms with Gasteiger partial charge >= 0.3 is 6.03 Å². The highest BCUT2D eigenvalue weighted by Crippen LogP contribution is 2.31. The predicted molar refractivity (Wildman–Crippen MR) is 97.5 cm³/mol. The molecule has 136 valence electrons. The van der Waals surface area contributed by atoms with Crippen LogP contribution in [0, 0.1) is 0 Å². The lowest BCUT2D eigenvalue weighted by atomic mass is 9.94. The molecule has 3 N–H and O–H groups in total. The van der Waals surface area contributed by atoms with E-state index in [1.54, 1.807) is 11.8 Å². The highest BCUT2D eigenvalue weighted by molar-refractivity contribution is 8.00. The number of rotatable bonds is 2. The summed E-state index contributed by atoms with van der Waals surface area (Å²) in [5, 5.41) is 9.02. The molecule has 0 bridgehead atoms. The van der Waals surface area contributed by atoms with E-state index in [4.69, 9.17) is 23.2 Å². The van der Waals surface area contributed by atoms with Gasteiger partial charge in [0.15, 0.2) is 0 Å². The van der Waals surface area contributed by atoms with Crippen LogP contribution in [0.5, 0.6) is 0 Å². The van der Waals surface area contributed by atoms with Gasteiger partial charge in [0.2, 0.25) is 5.91 Å². The van der Waals surface area contributed by atoms with Gasteiger partial charge in [-0.25, -0.2) is 4.79 Å². The fraction of sp³-hybridized carbons (Fsp3) is 0.867. The summed E-state index contributed by atoms with van der Waals surface area (Å²) < 4.78 is 0. The van der Waals surface area contributed by atoms with Crippen LogP contribution >= 0.6 is 35.0 Å². The number of nitrogens with one attached hydrogen (secondary N) is 3. The van der Waals surface area contributed by atoms with Crippen molar-refractivity contribution in [1.29, 1.82) is 0 Å². The molecule has 3 amide bonds. The van der Waals surface area contributed by atoms with Gasteiger partial charge in [-0.3, -0.25) is 10.1 Å². The number of carbonyl (C=O) groups is 2. The zero-order valence-electron chi connectivity index (χ0n) is 13.8. The average molecular weight is 395 g/mol. The van der Waals surface area contributed by atoms with Crippen molar-refractivity contribution in [3.8, 4) is 0 Å². The zero-order valence-corrected chi connectivity index (χ0v) is 16.1. The number of hydrogen-bond donors (Lipinski definition) is 3. The molecule has 2 aliphatic heterocycles. The van der Waals surface area contributed by atoms with Crippen LogP contribution in [0.1, 0.15) is 33.1 Å². The first kappa shape index (κ1) is 18.4. The molecular formula is C15H24Cl2N4O2S. The van der Waals surface area contributed by atoms with E-state index in [-0.39, 0.29) is 46.3 Å². The zero-order chi connectivity index (χ0) is 17.4. The second-order valence-corrected chi connectivity index (χ2v) is 9.15. The summed E-state index contributed by atoms with van der Waals surface area (Å²) in [6, 6.07) is -0.972. The molecule has 0 aromatic rings. The maximum absolute atomic E-state index is 12.7. The molecule has 24 heavy (non-hydrogen) atoms. The van der Waals surface area contributed by atoms with E-state index < -0.39 is 6.04 Å². The minimum absolute atomic E-state index is 0.00910. The maximum Gasteiger partial charge on any atom is 0.315 e. The molecule has 2 saturated heterocycles. The van der Waals surface area contributed by atoms with Crippen molar-refractivity contribution >= 4 is 46.9 Å². The monoisotopic (exact) mass is 394 g/mol. The minimum Gasteiger partial charge on any atom is -0.334 e. The first-order valence-electron chi connectivity index (χ1n) is 8.42. The molecule has 3 aliphatic rings. The van der Waals surface area contributed by atoms with Gasteiger partial charge in [-0.1, -0.05) is 0 Å². The summed E-state index contributed by atoms with van der Waals surface area (Å²) in [4.78, 5) is 26.9. The third-order valence-electron chi connectivity index (χ3n) is 4.96. The van der Waals surface area contributed by atoms with Gasteiger partial charge in [0.1, 0.15) is 11.5 Å². The summed E-state index contributed by atoms with van der Waals surface area (Å²) in [7, 11) is 0. The molecular weight excluding hydrogens is 371 g/mol. The maximum atomic E-state index is 12.7. The summed E-state index contributed by atoms with van der Waals surface area (Å²) in [5.74, 6) is 0.885. The van der Waals surface area contributed by atoms with Gasteiger partial charge in [-0.2, -0.15) is 0 Å². The van der Waals surface area contributed by atoms with Crippen LogP contribution in [0.4, 0.5) is 4.79 Å². The molecule has 3 fully saturated rings. The van der Waals surface area contributed by atoms with Gasteiger partial charge in [0.25, 0.3) is 0 Å². The molecule has 0 radical (unpaired) electrons. The van der Waals surface area contributed by atoms with E-state index in [2.05, 4.69) is 16.0 Å². The molecule has 1 aliphatic carbocycles. The Balaban J connectivity index is 1.58. The fourth-order valence-corrected chi connectivity index (χ4v) is 5.76. The molecule has 9 heteroatoms. The number of urea groups is 1. The van der Waals surface area contributed by atoms with Gasteiger partial charge in [0, 0.05) is 29.3 Å². The molecule has 0 aromatic carbocycles. The Morgan fingerprint density at radius 3 is 2.75 bits per heavy atom. The average Bonchev–Trinajstić information content (AvgIpc) is 2.87. The summed E-state index contributed by atoms with van der Waals surface area (Å²) in [5.41, 5.74) is 0.00910. The van der Waals surface area contributed by atoms with E-state index in [1.807, 2.05) is 18.7 Å². The molecule has 2 heterocycles. The van der Waals surface area contributed by atoms with Gasteiger partial charge in [-0.15, -0.1) is 35.0 Å². The lowest BCUT2D eigenvalue weighted by molar-refractivity contribution is -0.139. The molecule has 0 spiro atoms. The minimum atomic E-state index is -0.569. The SMILES string of the molecule is CC1NC2SCC(C)N2C(=O)C1NC(=O)NC1CCC(Cl)CC1Cl. The number of fused-ring (bicyclic) bond motifs is 1. The largest absolute Gasteiger partial charge is 0.334 e. The van der Waals surface area contributed by atoms with Crippen LogP contribution in [0.25, 0.3) is 0 Å². The number of alkyl halides is 2. The smallest absolute Gasteiger partial charge is 0.315 e. The van der Waals surface area contributed by atoms with Crippen molar-refractivity contribution in [1.82, 2.24) is 20.9 Å². The molecule has 1 saturated carbocycles. The van der Waals surface area contributed by atoms with Crippen molar-refractivity contribution in [2.45, 2.75) is 73.5 Å². The van der Waals surface area contributed by atoms with Crippen LogP contribution in [0.3, 0.4) is 0 Å². The number of hydrogen-bond acceptors (Lipinski definition) is 4. The second-order valence-electron chi connectivity index (χ2n) is 6.86. The molecule has 3 rings (SSSR count). The van der Waals surface area contributed by atoms with Crippen LogP contribution in [0.15, 0.2) is 0 Å². The number of halogens is 2. The Kier molecular flexibility index (Phi) is 5.74. The first-order valence-corrected chi connectivity index (χ1v) is 10.3. The van der Waals surface area contributed by atoms with Crippen LogP contribution < -0.4 is 16.0 Å². The van der Waals surface area contributed by atoms with Gasteiger partial charge in [0.05, 0.1) is 5.38 Å². The number of nitrogens with zero attached hydrogens (tertiary/aromatic N) is 1. The Labute approximate surface area is 156 Å². The Bertz CT molecular complexity index is 512. The summed E-state index contributed by atoms with van der Waals surface area (Å²) in [6.45, 7) is 3.95. The van der Waals surface area contributed by atoms with E-state index in [1.165, 1.54) is 0 Å². The molecule has 6 nitrogen and oxygen atoms in total. The third-order valence-corrected chi connectivity index (χ3v) is 7.19. The number of thioether (sulfide) groups is 1. The lowest BCUT2D eigenvalue weighted by Crippen LogP contribution is -2.68. The van der Waals surface area contributed by atoms with Crippen LogP contribution in [-0.4, -0.2) is 63.0 Å². The number of carbonyl (C=O) groups excluding carboxylic acids is 2. The van der Waals surface area contributed by atoms with Gasteiger partial charge < -0.3 is 15.5 Å². The lowest BCUT2D eigenvalue weighted by Gasteiger charge is -2.41. The van der Waals surface area contributed by atoms with E-state index in [0.29, 0.717) is 6.42 Å².